The number of rotatable bonds is 7. The quantitative estimate of drug-likeness (QED) is 0.433. The fourth-order valence-corrected chi connectivity index (χ4v) is 1.32. The van der Waals surface area contributed by atoms with E-state index in [1.54, 1.807) is 0 Å². The molecule has 0 aromatic carbocycles. The summed E-state index contributed by atoms with van der Waals surface area (Å²) in [7, 11) is 0. The second kappa shape index (κ2) is 8.03. The van der Waals surface area contributed by atoms with E-state index in [0.717, 1.165) is 12.8 Å². The van der Waals surface area contributed by atoms with Crippen molar-refractivity contribution in [2.75, 3.05) is 0 Å². The van der Waals surface area contributed by atoms with Crippen molar-refractivity contribution in [1.29, 1.82) is 0 Å². The molecule has 0 heterocycles. The Bertz CT molecular complexity index is 159. The Labute approximate surface area is 82.2 Å². The standard InChI is InChI=1S/C12H22O/c1-4-7-8-9-10-11(5-2)12(13)6-3/h9-11H,4-8H2,1-3H3. The molecule has 0 spiro atoms. The molecule has 0 aromatic heterocycles. The third kappa shape index (κ3) is 5.62. The maximum atomic E-state index is 11.4. The highest BCUT2D eigenvalue weighted by atomic mass is 16.1. The van der Waals surface area contributed by atoms with Gasteiger partial charge >= 0.3 is 0 Å². The summed E-state index contributed by atoms with van der Waals surface area (Å²) in [5, 5.41) is 0. The smallest absolute Gasteiger partial charge is 0.139 e. The van der Waals surface area contributed by atoms with Gasteiger partial charge in [0, 0.05) is 12.3 Å². The topological polar surface area (TPSA) is 17.1 Å². The third-order valence-corrected chi connectivity index (χ3v) is 2.29. The lowest BCUT2D eigenvalue weighted by atomic mass is 9.98. The summed E-state index contributed by atoms with van der Waals surface area (Å²) in [5.74, 6) is 0.539. The van der Waals surface area contributed by atoms with Gasteiger partial charge in [0.25, 0.3) is 0 Å². The molecule has 0 rings (SSSR count). The summed E-state index contributed by atoms with van der Waals surface area (Å²) >= 11 is 0. The molecule has 1 unspecified atom stereocenters. The Hall–Kier alpha value is -0.590. The Morgan fingerprint density at radius 2 is 2.00 bits per heavy atom. The fourth-order valence-electron chi connectivity index (χ4n) is 1.32. The monoisotopic (exact) mass is 182 g/mol. The highest BCUT2D eigenvalue weighted by Crippen LogP contribution is 2.09. The SMILES string of the molecule is CCCCC=CC(CC)C(=O)CC. The minimum Gasteiger partial charge on any atom is -0.299 e. The van der Waals surface area contributed by atoms with E-state index in [2.05, 4.69) is 26.0 Å². The van der Waals surface area contributed by atoms with Crippen LogP contribution in [0.15, 0.2) is 12.2 Å². The molecule has 0 bridgehead atoms. The molecule has 0 aliphatic carbocycles. The molecule has 0 fully saturated rings. The van der Waals surface area contributed by atoms with Crippen molar-refractivity contribution in [1.82, 2.24) is 0 Å². The van der Waals surface area contributed by atoms with Gasteiger partial charge in [-0.05, 0) is 12.8 Å². The predicted octanol–water partition coefficient (Wildman–Crippen LogP) is 3.74. The van der Waals surface area contributed by atoms with Crippen molar-refractivity contribution in [2.24, 2.45) is 5.92 Å². The second-order valence-electron chi connectivity index (χ2n) is 3.40. The number of unbranched alkanes of at least 4 members (excludes halogenated alkanes) is 2. The van der Waals surface area contributed by atoms with Crippen LogP contribution in [0.1, 0.15) is 52.9 Å². The zero-order chi connectivity index (χ0) is 10.1. The van der Waals surface area contributed by atoms with Crippen LogP contribution < -0.4 is 0 Å². The summed E-state index contributed by atoms with van der Waals surface area (Å²) in [6.07, 6.45) is 9.42. The van der Waals surface area contributed by atoms with E-state index in [9.17, 15) is 4.79 Å². The molecular formula is C12H22O. The van der Waals surface area contributed by atoms with Crippen LogP contribution in [0.2, 0.25) is 0 Å². The first-order chi connectivity index (χ1) is 6.26. The highest BCUT2D eigenvalue weighted by molar-refractivity contribution is 5.82. The summed E-state index contributed by atoms with van der Waals surface area (Å²) in [6, 6.07) is 0. The lowest BCUT2D eigenvalue weighted by molar-refractivity contribution is -0.121. The van der Waals surface area contributed by atoms with Crippen molar-refractivity contribution in [2.45, 2.75) is 52.9 Å². The normalized spacial score (nSPS) is 13.5. The van der Waals surface area contributed by atoms with Crippen LogP contribution in [-0.4, -0.2) is 5.78 Å². The number of hydrogen-bond donors (Lipinski definition) is 0. The van der Waals surface area contributed by atoms with E-state index in [1.165, 1.54) is 12.8 Å². The number of carbonyl (C=O) groups excluding carboxylic acids is 1. The summed E-state index contributed by atoms with van der Waals surface area (Å²) in [5.41, 5.74) is 0. The van der Waals surface area contributed by atoms with Crippen LogP contribution >= 0.6 is 0 Å². The van der Waals surface area contributed by atoms with E-state index in [4.69, 9.17) is 0 Å². The van der Waals surface area contributed by atoms with Crippen LogP contribution in [0.4, 0.5) is 0 Å². The van der Waals surface area contributed by atoms with Gasteiger partial charge in [0.15, 0.2) is 0 Å². The summed E-state index contributed by atoms with van der Waals surface area (Å²) in [4.78, 5) is 11.4. The molecule has 0 amide bonds. The molecule has 0 radical (unpaired) electrons. The minimum absolute atomic E-state index is 0.168. The molecular weight excluding hydrogens is 160 g/mol. The van der Waals surface area contributed by atoms with Crippen LogP contribution in [-0.2, 0) is 4.79 Å². The molecule has 0 aromatic rings. The van der Waals surface area contributed by atoms with Gasteiger partial charge in [-0.15, -0.1) is 0 Å². The van der Waals surface area contributed by atoms with Crippen molar-refractivity contribution in [3.63, 3.8) is 0 Å². The van der Waals surface area contributed by atoms with Crippen molar-refractivity contribution in [3.05, 3.63) is 12.2 Å². The Kier molecular flexibility index (Phi) is 7.66. The number of allylic oxidation sites excluding steroid dienone is 2. The van der Waals surface area contributed by atoms with Gasteiger partial charge < -0.3 is 0 Å². The van der Waals surface area contributed by atoms with Crippen LogP contribution in [0.5, 0.6) is 0 Å². The van der Waals surface area contributed by atoms with Crippen molar-refractivity contribution < 1.29 is 4.79 Å². The van der Waals surface area contributed by atoms with Crippen molar-refractivity contribution >= 4 is 5.78 Å². The minimum atomic E-state index is 0.168. The third-order valence-electron chi connectivity index (χ3n) is 2.29. The lowest BCUT2D eigenvalue weighted by Crippen LogP contribution is -2.09. The molecule has 1 nitrogen and oxygen atoms in total. The van der Waals surface area contributed by atoms with Crippen LogP contribution in [0.3, 0.4) is 0 Å². The first-order valence-electron chi connectivity index (χ1n) is 5.45. The van der Waals surface area contributed by atoms with Gasteiger partial charge in [-0.2, -0.15) is 0 Å². The van der Waals surface area contributed by atoms with Crippen LogP contribution in [0.25, 0.3) is 0 Å². The molecule has 76 valence electrons. The van der Waals surface area contributed by atoms with E-state index >= 15 is 0 Å². The Morgan fingerprint density at radius 3 is 2.46 bits per heavy atom. The molecule has 0 saturated carbocycles. The molecule has 1 heteroatoms. The fraction of sp³-hybridized carbons (Fsp3) is 0.750. The van der Waals surface area contributed by atoms with Gasteiger partial charge in [0.2, 0.25) is 0 Å². The van der Waals surface area contributed by atoms with E-state index < -0.39 is 0 Å². The number of ketones is 1. The number of hydrogen-bond acceptors (Lipinski definition) is 1. The van der Waals surface area contributed by atoms with Crippen LogP contribution in [0, 0.1) is 5.92 Å². The lowest BCUT2D eigenvalue weighted by Gasteiger charge is -2.06. The first-order valence-corrected chi connectivity index (χ1v) is 5.45. The molecule has 1 atom stereocenters. The summed E-state index contributed by atoms with van der Waals surface area (Å²) in [6.45, 7) is 6.19. The maximum Gasteiger partial charge on any atom is 0.139 e. The van der Waals surface area contributed by atoms with E-state index in [0.29, 0.717) is 12.2 Å². The molecule has 13 heavy (non-hydrogen) atoms. The van der Waals surface area contributed by atoms with E-state index in [1.807, 2.05) is 6.92 Å². The van der Waals surface area contributed by atoms with Gasteiger partial charge in [0.05, 0.1) is 0 Å². The van der Waals surface area contributed by atoms with E-state index in [-0.39, 0.29) is 5.92 Å². The van der Waals surface area contributed by atoms with Gasteiger partial charge in [-0.25, -0.2) is 0 Å². The average molecular weight is 182 g/mol. The molecule has 0 saturated heterocycles. The first kappa shape index (κ1) is 12.4. The van der Waals surface area contributed by atoms with Gasteiger partial charge in [-0.1, -0.05) is 45.8 Å². The second-order valence-corrected chi connectivity index (χ2v) is 3.40. The van der Waals surface area contributed by atoms with Crippen molar-refractivity contribution in [3.8, 4) is 0 Å². The predicted molar refractivity (Wildman–Crippen MR) is 57.7 cm³/mol. The zero-order valence-electron chi connectivity index (χ0n) is 9.18. The van der Waals surface area contributed by atoms with Gasteiger partial charge in [-0.3, -0.25) is 4.79 Å². The Morgan fingerprint density at radius 1 is 1.31 bits per heavy atom. The molecule has 0 N–H and O–H groups in total. The molecule has 0 aliphatic rings. The average Bonchev–Trinajstić information content (AvgIpc) is 2.17. The maximum absolute atomic E-state index is 11.4. The largest absolute Gasteiger partial charge is 0.299 e. The number of carbonyl (C=O) groups is 1. The highest BCUT2D eigenvalue weighted by Gasteiger charge is 2.09. The molecule has 0 aliphatic heterocycles. The summed E-state index contributed by atoms with van der Waals surface area (Å²) < 4.78 is 0. The Balaban J connectivity index is 3.82. The number of Topliss-reactive ketones (excluding diaryl/α,β-unsaturated/α-hetero) is 1. The van der Waals surface area contributed by atoms with Gasteiger partial charge in [0.1, 0.15) is 5.78 Å². The zero-order valence-corrected chi connectivity index (χ0v) is 9.18.